The van der Waals surface area contributed by atoms with Crippen molar-refractivity contribution in [3.05, 3.63) is 35.9 Å². The van der Waals surface area contributed by atoms with Crippen LogP contribution in [0.4, 0.5) is 0 Å². The topological polar surface area (TPSA) is 58.4 Å². The van der Waals surface area contributed by atoms with Gasteiger partial charge in [-0.3, -0.25) is 9.69 Å². The molecule has 0 radical (unpaired) electrons. The maximum absolute atomic E-state index is 11.0. The highest BCUT2D eigenvalue weighted by Crippen LogP contribution is 2.20. The van der Waals surface area contributed by atoms with Crippen LogP contribution in [0.2, 0.25) is 0 Å². The number of likely N-dealkylation sites (tertiary alicyclic amines) is 1. The molecule has 0 aromatic heterocycles. The van der Waals surface area contributed by atoms with E-state index in [2.05, 4.69) is 47.1 Å². The van der Waals surface area contributed by atoms with Gasteiger partial charge in [-0.25, -0.2) is 0 Å². The Morgan fingerprint density at radius 1 is 1.37 bits per heavy atom. The van der Waals surface area contributed by atoms with E-state index in [0.717, 1.165) is 19.5 Å². The number of hydrogen-bond acceptors (Lipinski definition) is 3. The molecule has 0 spiro atoms. The van der Waals surface area contributed by atoms with Crippen LogP contribution in [0.3, 0.4) is 0 Å². The Balaban J connectivity index is 0.000000861. The highest BCUT2D eigenvalue weighted by Gasteiger charge is 2.29. The van der Waals surface area contributed by atoms with Gasteiger partial charge in [0.25, 0.3) is 0 Å². The van der Waals surface area contributed by atoms with Crippen LogP contribution in [0, 0.1) is 0 Å². The fourth-order valence-corrected chi connectivity index (χ4v) is 2.53. The monoisotopic (exact) mass is 263 g/mol. The van der Waals surface area contributed by atoms with Crippen molar-refractivity contribution >= 4 is 5.91 Å². The van der Waals surface area contributed by atoms with Crippen molar-refractivity contribution in [2.24, 2.45) is 5.73 Å². The van der Waals surface area contributed by atoms with Gasteiger partial charge < -0.3 is 11.1 Å². The van der Waals surface area contributed by atoms with E-state index in [9.17, 15) is 4.79 Å². The Kier molecular flexibility index (Phi) is 6.53. The third-order valence-electron chi connectivity index (χ3n) is 3.34. The molecular weight excluding hydrogens is 238 g/mol. The molecule has 1 amide bonds. The number of carbonyl (C=O) groups excluding carboxylic acids is 1. The van der Waals surface area contributed by atoms with Crippen molar-refractivity contribution in [2.45, 2.75) is 38.9 Å². The second kappa shape index (κ2) is 7.92. The largest absolute Gasteiger partial charge is 0.352 e. The normalized spacial score (nSPS) is 22.5. The molecule has 2 atom stereocenters. The highest BCUT2D eigenvalue weighted by molar-refractivity contribution is 5.73. The van der Waals surface area contributed by atoms with Gasteiger partial charge in [-0.15, -0.1) is 0 Å². The molecule has 1 aromatic carbocycles. The van der Waals surface area contributed by atoms with Crippen molar-refractivity contribution in [3.8, 4) is 0 Å². The minimum atomic E-state index is 0.0729. The molecule has 0 unspecified atom stereocenters. The van der Waals surface area contributed by atoms with Crippen molar-refractivity contribution in [1.29, 1.82) is 0 Å². The summed E-state index contributed by atoms with van der Waals surface area (Å²) in [4.78, 5) is 13.5. The summed E-state index contributed by atoms with van der Waals surface area (Å²) in [6.07, 6.45) is 1.05. The van der Waals surface area contributed by atoms with Crippen molar-refractivity contribution in [1.82, 2.24) is 10.2 Å². The lowest BCUT2D eigenvalue weighted by atomic mass is 10.2. The molecule has 19 heavy (non-hydrogen) atoms. The van der Waals surface area contributed by atoms with Gasteiger partial charge in [-0.05, 0) is 26.0 Å². The van der Waals surface area contributed by atoms with Crippen LogP contribution >= 0.6 is 0 Å². The van der Waals surface area contributed by atoms with Crippen molar-refractivity contribution < 1.29 is 4.79 Å². The van der Waals surface area contributed by atoms with E-state index >= 15 is 0 Å². The van der Waals surface area contributed by atoms with Crippen LogP contribution in [0.5, 0.6) is 0 Å². The zero-order valence-corrected chi connectivity index (χ0v) is 12.1. The molecular formula is C15H25N3O. The first-order chi connectivity index (χ1) is 9.15. The Labute approximate surface area is 116 Å². The molecule has 0 saturated carbocycles. The SMILES string of the molecule is CC(=O)N[C@H]1C[C@@H](C)N(Cc2ccccc2)C1.CN. The molecule has 1 fully saturated rings. The summed E-state index contributed by atoms with van der Waals surface area (Å²) in [6, 6.07) is 11.3. The smallest absolute Gasteiger partial charge is 0.217 e. The quantitative estimate of drug-likeness (QED) is 0.865. The summed E-state index contributed by atoms with van der Waals surface area (Å²) < 4.78 is 0. The number of rotatable bonds is 3. The molecule has 106 valence electrons. The summed E-state index contributed by atoms with van der Waals surface area (Å²) >= 11 is 0. The highest BCUT2D eigenvalue weighted by atomic mass is 16.1. The third-order valence-corrected chi connectivity index (χ3v) is 3.34. The summed E-state index contributed by atoms with van der Waals surface area (Å²) in [5.74, 6) is 0.0729. The second-order valence-corrected chi connectivity index (χ2v) is 4.90. The first kappa shape index (κ1) is 15.7. The standard InChI is InChI=1S/C14H20N2O.CH5N/c1-11-8-14(15-12(2)17)10-16(11)9-13-6-4-3-5-7-13;1-2/h3-7,11,14H,8-10H2,1-2H3,(H,15,17);2H2,1H3/t11-,14+;/m1./s1. The number of hydrogen-bond donors (Lipinski definition) is 2. The van der Waals surface area contributed by atoms with E-state index in [0.29, 0.717) is 12.1 Å². The van der Waals surface area contributed by atoms with Gasteiger partial charge >= 0.3 is 0 Å². The molecule has 1 aromatic rings. The first-order valence-electron chi connectivity index (χ1n) is 6.78. The van der Waals surface area contributed by atoms with Gasteiger partial charge in [0.2, 0.25) is 5.91 Å². The average molecular weight is 263 g/mol. The lowest BCUT2D eigenvalue weighted by molar-refractivity contribution is -0.119. The molecule has 1 heterocycles. The van der Waals surface area contributed by atoms with E-state index in [1.807, 2.05) is 6.07 Å². The Morgan fingerprint density at radius 3 is 2.58 bits per heavy atom. The van der Waals surface area contributed by atoms with Gasteiger partial charge in [-0.2, -0.15) is 0 Å². The number of benzene rings is 1. The van der Waals surface area contributed by atoms with Crippen LogP contribution < -0.4 is 11.1 Å². The second-order valence-electron chi connectivity index (χ2n) is 4.90. The lowest BCUT2D eigenvalue weighted by Gasteiger charge is -2.20. The predicted octanol–water partition coefficient (Wildman–Crippen LogP) is 1.36. The van der Waals surface area contributed by atoms with Crippen molar-refractivity contribution in [3.63, 3.8) is 0 Å². The van der Waals surface area contributed by atoms with E-state index < -0.39 is 0 Å². The molecule has 3 N–H and O–H groups in total. The summed E-state index contributed by atoms with van der Waals surface area (Å²) in [5.41, 5.74) is 5.84. The predicted molar refractivity (Wildman–Crippen MR) is 78.6 cm³/mol. The van der Waals surface area contributed by atoms with Crippen LogP contribution in [-0.4, -0.2) is 36.5 Å². The number of nitrogens with zero attached hydrogens (tertiary/aromatic N) is 1. The first-order valence-corrected chi connectivity index (χ1v) is 6.78. The van der Waals surface area contributed by atoms with Gasteiger partial charge in [-0.1, -0.05) is 30.3 Å². The maximum Gasteiger partial charge on any atom is 0.217 e. The van der Waals surface area contributed by atoms with Gasteiger partial charge in [0.15, 0.2) is 0 Å². The zero-order valence-electron chi connectivity index (χ0n) is 12.1. The van der Waals surface area contributed by atoms with Gasteiger partial charge in [0.1, 0.15) is 0 Å². The maximum atomic E-state index is 11.0. The minimum absolute atomic E-state index is 0.0729. The van der Waals surface area contributed by atoms with E-state index in [1.54, 1.807) is 6.92 Å². The fourth-order valence-electron chi connectivity index (χ4n) is 2.53. The zero-order chi connectivity index (χ0) is 14.3. The van der Waals surface area contributed by atoms with Crippen LogP contribution in [0.15, 0.2) is 30.3 Å². The molecule has 2 rings (SSSR count). The minimum Gasteiger partial charge on any atom is -0.352 e. The summed E-state index contributed by atoms with van der Waals surface area (Å²) in [6.45, 7) is 5.74. The molecule has 1 aliphatic heterocycles. The molecule has 0 bridgehead atoms. The number of amides is 1. The molecule has 1 saturated heterocycles. The molecule has 1 aliphatic rings. The number of nitrogens with two attached hydrogens (primary N) is 1. The Hall–Kier alpha value is -1.39. The molecule has 0 aliphatic carbocycles. The average Bonchev–Trinajstić information content (AvgIpc) is 2.72. The van der Waals surface area contributed by atoms with E-state index in [-0.39, 0.29) is 5.91 Å². The van der Waals surface area contributed by atoms with Crippen LogP contribution in [-0.2, 0) is 11.3 Å². The Bertz CT molecular complexity index is 380. The summed E-state index contributed by atoms with van der Waals surface area (Å²) in [5, 5.41) is 3.01. The third kappa shape index (κ3) is 5.01. The molecule has 4 nitrogen and oxygen atoms in total. The van der Waals surface area contributed by atoms with Gasteiger partial charge in [0, 0.05) is 32.1 Å². The van der Waals surface area contributed by atoms with Crippen molar-refractivity contribution in [2.75, 3.05) is 13.6 Å². The summed E-state index contributed by atoms with van der Waals surface area (Å²) in [7, 11) is 1.50. The fraction of sp³-hybridized carbons (Fsp3) is 0.533. The van der Waals surface area contributed by atoms with Crippen LogP contribution in [0.25, 0.3) is 0 Å². The number of nitrogens with one attached hydrogen (secondary N) is 1. The van der Waals surface area contributed by atoms with Gasteiger partial charge in [0.05, 0.1) is 0 Å². The number of carbonyl (C=O) groups is 1. The lowest BCUT2D eigenvalue weighted by Crippen LogP contribution is -2.35. The van der Waals surface area contributed by atoms with E-state index in [4.69, 9.17) is 0 Å². The van der Waals surface area contributed by atoms with E-state index in [1.165, 1.54) is 12.6 Å². The van der Waals surface area contributed by atoms with Crippen LogP contribution in [0.1, 0.15) is 25.8 Å². The molecule has 4 heteroatoms. The Morgan fingerprint density at radius 2 is 2.00 bits per heavy atom.